The summed E-state index contributed by atoms with van der Waals surface area (Å²) in [7, 11) is 1.68. The van der Waals surface area contributed by atoms with Gasteiger partial charge in [0, 0.05) is 27.6 Å². The molecule has 2 N–H and O–H groups in total. The number of para-hydroxylation sites is 1. The van der Waals surface area contributed by atoms with Crippen LogP contribution in [-0.4, -0.2) is 27.3 Å². The van der Waals surface area contributed by atoms with Crippen molar-refractivity contribution in [3.63, 3.8) is 0 Å². The van der Waals surface area contributed by atoms with Gasteiger partial charge >= 0.3 is 0 Å². The van der Waals surface area contributed by atoms with Gasteiger partial charge in [-0.05, 0) is 35.2 Å². The van der Waals surface area contributed by atoms with E-state index in [0.717, 1.165) is 39.0 Å². The molecule has 0 atom stereocenters. The molecular weight excluding hydrogens is 370 g/mol. The second-order valence-electron chi connectivity index (χ2n) is 6.37. The molecule has 5 aromatic rings. The molecule has 0 saturated heterocycles. The van der Waals surface area contributed by atoms with E-state index in [1.807, 2.05) is 30.3 Å². The van der Waals surface area contributed by atoms with Crippen molar-refractivity contribution >= 4 is 38.1 Å². The summed E-state index contributed by atoms with van der Waals surface area (Å²) in [6.45, 7) is 0.658. The standard InChI is InChI=1S/C21H17N5OS/c1-27-14-5-2-4-13(10-14)11-22-20-17-8-9-28-19(17)15-6-3-7-16(18(15)25-20)21-23-12-24-26-21/h2-10,12H,11H2,1H3,(H,22,25)(H,23,24,26). The highest BCUT2D eigenvalue weighted by atomic mass is 32.1. The zero-order valence-electron chi connectivity index (χ0n) is 15.1. The van der Waals surface area contributed by atoms with Gasteiger partial charge in [-0.2, -0.15) is 0 Å². The second kappa shape index (κ2) is 6.94. The van der Waals surface area contributed by atoms with Crippen molar-refractivity contribution in [2.75, 3.05) is 12.4 Å². The number of H-pyrrole nitrogens is 1. The highest BCUT2D eigenvalue weighted by Gasteiger charge is 2.14. The Bertz CT molecular complexity index is 1260. The summed E-state index contributed by atoms with van der Waals surface area (Å²) in [6, 6.07) is 16.3. The van der Waals surface area contributed by atoms with Crippen LogP contribution in [0.15, 0.2) is 60.2 Å². The van der Waals surface area contributed by atoms with Crippen molar-refractivity contribution in [1.82, 2.24) is 20.2 Å². The molecule has 0 aliphatic heterocycles. The Hall–Kier alpha value is -3.45. The summed E-state index contributed by atoms with van der Waals surface area (Å²) in [5, 5.41) is 15.9. The molecule has 0 bridgehead atoms. The first-order valence-electron chi connectivity index (χ1n) is 8.86. The number of anilines is 1. The summed E-state index contributed by atoms with van der Waals surface area (Å²) < 4.78 is 6.53. The second-order valence-corrected chi connectivity index (χ2v) is 7.28. The van der Waals surface area contributed by atoms with Crippen LogP contribution < -0.4 is 10.1 Å². The highest BCUT2D eigenvalue weighted by Crippen LogP contribution is 2.36. The maximum Gasteiger partial charge on any atom is 0.163 e. The zero-order valence-corrected chi connectivity index (χ0v) is 16.0. The first-order chi connectivity index (χ1) is 13.8. The summed E-state index contributed by atoms with van der Waals surface area (Å²) in [5.74, 6) is 2.42. The number of hydrogen-bond donors (Lipinski definition) is 2. The minimum absolute atomic E-state index is 0.658. The van der Waals surface area contributed by atoms with E-state index >= 15 is 0 Å². The SMILES string of the molecule is COc1cccc(CNc2nc3c(-c4nnc[nH]4)cccc3c3sccc23)c1. The fourth-order valence-corrected chi connectivity index (χ4v) is 4.28. The Morgan fingerprint density at radius 1 is 1.11 bits per heavy atom. The minimum atomic E-state index is 0.658. The summed E-state index contributed by atoms with van der Waals surface area (Å²) >= 11 is 1.72. The first-order valence-corrected chi connectivity index (χ1v) is 9.74. The number of ether oxygens (including phenoxy) is 1. The first kappa shape index (κ1) is 16.7. The molecule has 0 saturated carbocycles. The van der Waals surface area contributed by atoms with Gasteiger partial charge in [0.05, 0.1) is 12.6 Å². The van der Waals surface area contributed by atoms with Gasteiger partial charge in [-0.1, -0.05) is 24.3 Å². The van der Waals surface area contributed by atoms with Gasteiger partial charge in [0.25, 0.3) is 0 Å². The molecule has 0 aliphatic carbocycles. The summed E-state index contributed by atoms with van der Waals surface area (Å²) in [6.07, 6.45) is 1.58. The number of thiophene rings is 1. The number of nitrogens with one attached hydrogen (secondary N) is 2. The molecule has 28 heavy (non-hydrogen) atoms. The maximum atomic E-state index is 5.32. The number of rotatable bonds is 5. The lowest BCUT2D eigenvalue weighted by Crippen LogP contribution is -2.02. The molecule has 7 heteroatoms. The molecule has 0 unspecified atom stereocenters. The summed E-state index contributed by atoms with van der Waals surface area (Å²) in [5.41, 5.74) is 2.98. The molecule has 0 spiro atoms. The average molecular weight is 387 g/mol. The van der Waals surface area contributed by atoms with E-state index in [1.54, 1.807) is 24.8 Å². The third kappa shape index (κ3) is 2.86. The number of nitrogens with zero attached hydrogens (tertiary/aromatic N) is 3. The van der Waals surface area contributed by atoms with Crippen LogP contribution in [0.2, 0.25) is 0 Å². The molecule has 5 rings (SSSR count). The van der Waals surface area contributed by atoms with Crippen molar-refractivity contribution in [2.24, 2.45) is 0 Å². The third-order valence-electron chi connectivity index (χ3n) is 4.69. The van der Waals surface area contributed by atoms with Crippen LogP contribution in [0.1, 0.15) is 5.56 Å². The predicted molar refractivity (Wildman–Crippen MR) is 113 cm³/mol. The van der Waals surface area contributed by atoms with E-state index in [-0.39, 0.29) is 0 Å². The van der Waals surface area contributed by atoms with E-state index in [4.69, 9.17) is 9.72 Å². The Labute approximate surface area is 165 Å². The monoisotopic (exact) mass is 387 g/mol. The lowest BCUT2D eigenvalue weighted by Gasteiger charge is -2.11. The number of aromatic nitrogens is 4. The van der Waals surface area contributed by atoms with Crippen LogP contribution in [-0.2, 0) is 6.54 Å². The Morgan fingerprint density at radius 2 is 2.04 bits per heavy atom. The topological polar surface area (TPSA) is 75.7 Å². The molecule has 0 aliphatic rings. The average Bonchev–Trinajstić information content (AvgIpc) is 3.44. The molecule has 6 nitrogen and oxygen atoms in total. The van der Waals surface area contributed by atoms with E-state index < -0.39 is 0 Å². The third-order valence-corrected chi connectivity index (χ3v) is 5.64. The molecule has 138 valence electrons. The number of hydrogen-bond acceptors (Lipinski definition) is 6. The fourth-order valence-electron chi connectivity index (χ4n) is 3.35. The molecule has 3 heterocycles. The maximum absolute atomic E-state index is 5.32. The molecule has 0 fully saturated rings. The zero-order chi connectivity index (χ0) is 18.9. The highest BCUT2D eigenvalue weighted by molar-refractivity contribution is 7.18. The van der Waals surface area contributed by atoms with Crippen LogP contribution in [0.4, 0.5) is 5.82 Å². The van der Waals surface area contributed by atoms with Gasteiger partial charge < -0.3 is 15.0 Å². The van der Waals surface area contributed by atoms with E-state index in [1.165, 1.54) is 4.70 Å². The Morgan fingerprint density at radius 3 is 2.89 bits per heavy atom. The van der Waals surface area contributed by atoms with E-state index in [0.29, 0.717) is 12.4 Å². The molecule has 0 amide bonds. The largest absolute Gasteiger partial charge is 0.497 e. The number of benzene rings is 2. The number of pyridine rings is 1. The van der Waals surface area contributed by atoms with Gasteiger partial charge in [-0.3, -0.25) is 0 Å². The minimum Gasteiger partial charge on any atom is -0.497 e. The quantitative estimate of drug-likeness (QED) is 0.451. The van der Waals surface area contributed by atoms with Gasteiger partial charge in [0.1, 0.15) is 17.9 Å². The normalized spacial score (nSPS) is 11.2. The Kier molecular flexibility index (Phi) is 4.14. The van der Waals surface area contributed by atoms with E-state index in [9.17, 15) is 0 Å². The van der Waals surface area contributed by atoms with Crippen LogP contribution in [0.25, 0.3) is 32.4 Å². The lowest BCUT2D eigenvalue weighted by molar-refractivity contribution is 0.414. The fraction of sp³-hybridized carbons (Fsp3) is 0.0952. The molecule has 3 aromatic heterocycles. The molecule has 2 aromatic carbocycles. The van der Waals surface area contributed by atoms with Crippen molar-refractivity contribution in [3.05, 3.63) is 65.8 Å². The number of fused-ring (bicyclic) bond motifs is 3. The summed E-state index contributed by atoms with van der Waals surface area (Å²) in [4.78, 5) is 8.05. The van der Waals surface area contributed by atoms with Crippen molar-refractivity contribution in [2.45, 2.75) is 6.54 Å². The van der Waals surface area contributed by atoms with Crippen LogP contribution in [0.3, 0.4) is 0 Å². The number of methoxy groups -OCH3 is 1. The van der Waals surface area contributed by atoms with Crippen LogP contribution in [0, 0.1) is 0 Å². The molecule has 0 radical (unpaired) electrons. The van der Waals surface area contributed by atoms with Gasteiger partial charge in [-0.25, -0.2) is 4.98 Å². The predicted octanol–water partition coefficient (Wildman–Crippen LogP) is 4.86. The molecular formula is C21H17N5OS. The van der Waals surface area contributed by atoms with Gasteiger partial charge in [0.15, 0.2) is 5.82 Å². The number of aromatic amines is 1. The van der Waals surface area contributed by atoms with Crippen LogP contribution in [0.5, 0.6) is 5.75 Å². The van der Waals surface area contributed by atoms with Crippen molar-refractivity contribution in [3.8, 4) is 17.1 Å². The van der Waals surface area contributed by atoms with Crippen molar-refractivity contribution in [1.29, 1.82) is 0 Å². The van der Waals surface area contributed by atoms with Gasteiger partial charge in [0.2, 0.25) is 0 Å². The van der Waals surface area contributed by atoms with Gasteiger partial charge in [-0.15, -0.1) is 21.5 Å². The van der Waals surface area contributed by atoms with Crippen molar-refractivity contribution < 1.29 is 4.74 Å². The lowest BCUT2D eigenvalue weighted by atomic mass is 10.1. The van der Waals surface area contributed by atoms with E-state index in [2.05, 4.69) is 44.1 Å². The smallest absolute Gasteiger partial charge is 0.163 e. The Balaban J connectivity index is 1.61. The van der Waals surface area contributed by atoms with Crippen LogP contribution >= 0.6 is 11.3 Å².